The number of carbonyl (C=O) groups excluding carboxylic acids is 1. The van der Waals surface area contributed by atoms with Crippen LogP contribution < -0.4 is 0 Å². The summed E-state index contributed by atoms with van der Waals surface area (Å²) in [6.07, 6.45) is 2.10. The molecule has 0 spiro atoms. The molecule has 2 fully saturated rings. The van der Waals surface area contributed by atoms with Gasteiger partial charge in [0.05, 0.1) is 24.4 Å². The summed E-state index contributed by atoms with van der Waals surface area (Å²) in [7, 11) is 0. The highest BCUT2D eigenvalue weighted by Crippen LogP contribution is 2.23. The van der Waals surface area contributed by atoms with Crippen LogP contribution >= 0.6 is 0 Å². The van der Waals surface area contributed by atoms with Gasteiger partial charge in [0, 0.05) is 19.0 Å². The Labute approximate surface area is 144 Å². The average Bonchev–Trinajstić information content (AvgIpc) is 2.84. The number of likely N-dealkylation sites (tertiary alicyclic amines) is 1. The molecule has 1 aromatic rings. The number of oxazole rings is 1. The minimum Gasteiger partial charge on any atom is -0.444 e. The molecule has 1 aromatic heterocycles. The minimum absolute atomic E-state index is 0.134. The van der Waals surface area contributed by atoms with Crippen LogP contribution in [0.25, 0.3) is 0 Å². The fourth-order valence-electron chi connectivity index (χ4n) is 3.75. The number of hydrogen-bond donors (Lipinski definition) is 0. The van der Waals surface area contributed by atoms with Crippen LogP contribution in [-0.2, 0) is 16.1 Å². The second-order valence-electron chi connectivity index (χ2n) is 7.30. The van der Waals surface area contributed by atoms with Crippen molar-refractivity contribution in [3.63, 3.8) is 0 Å². The third kappa shape index (κ3) is 3.98. The van der Waals surface area contributed by atoms with Crippen LogP contribution in [0.4, 0.5) is 0 Å². The Morgan fingerprint density at radius 2 is 1.79 bits per heavy atom. The van der Waals surface area contributed by atoms with Gasteiger partial charge in [-0.05, 0) is 53.6 Å². The molecule has 3 rings (SSSR count). The summed E-state index contributed by atoms with van der Waals surface area (Å²) < 4.78 is 11.4. The number of carbonyl (C=O) groups is 1. The first-order valence-corrected chi connectivity index (χ1v) is 9.02. The second kappa shape index (κ2) is 7.23. The van der Waals surface area contributed by atoms with Crippen molar-refractivity contribution in [3.05, 3.63) is 17.3 Å². The van der Waals surface area contributed by atoms with Gasteiger partial charge in [-0.1, -0.05) is 0 Å². The Bertz CT molecular complexity index is 549. The Morgan fingerprint density at radius 1 is 1.17 bits per heavy atom. The molecule has 0 saturated carbocycles. The van der Waals surface area contributed by atoms with Crippen LogP contribution in [-0.4, -0.2) is 59.1 Å². The lowest BCUT2D eigenvalue weighted by Crippen LogP contribution is -2.51. The van der Waals surface area contributed by atoms with E-state index in [4.69, 9.17) is 9.15 Å². The van der Waals surface area contributed by atoms with Gasteiger partial charge >= 0.3 is 0 Å². The molecule has 0 bridgehead atoms. The van der Waals surface area contributed by atoms with Gasteiger partial charge in [0.1, 0.15) is 5.76 Å². The van der Waals surface area contributed by atoms with Gasteiger partial charge in [-0.25, -0.2) is 4.98 Å². The molecule has 3 heterocycles. The summed E-state index contributed by atoms with van der Waals surface area (Å²) in [5.74, 6) is 2.13. The van der Waals surface area contributed by atoms with E-state index in [0.717, 1.165) is 62.9 Å². The van der Waals surface area contributed by atoms with Crippen LogP contribution in [0, 0.1) is 19.8 Å². The van der Waals surface area contributed by atoms with Crippen molar-refractivity contribution in [2.75, 3.05) is 26.2 Å². The lowest BCUT2D eigenvalue weighted by Gasteiger charge is -2.39. The zero-order valence-corrected chi connectivity index (χ0v) is 15.2. The van der Waals surface area contributed by atoms with Crippen LogP contribution in [0.3, 0.4) is 0 Å². The zero-order valence-electron chi connectivity index (χ0n) is 15.2. The van der Waals surface area contributed by atoms with Crippen molar-refractivity contribution in [3.8, 4) is 0 Å². The molecule has 134 valence electrons. The molecule has 0 N–H and O–H groups in total. The lowest BCUT2D eigenvalue weighted by atomic mass is 9.94. The molecule has 0 aliphatic carbocycles. The first kappa shape index (κ1) is 17.4. The quantitative estimate of drug-likeness (QED) is 0.847. The van der Waals surface area contributed by atoms with Gasteiger partial charge in [0.15, 0.2) is 0 Å². The third-order valence-corrected chi connectivity index (χ3v) is 5.10. The first-order valence-electron chi connectivity index (χ1n) is 9.02. The molecule has 2 atom stereocenters. The number of morpholine rings is 1. The molecule has 24 heavy (non-hydrogen) atoms. The molecular weight excluding hydrogens is 306 g/mol. The van der Waals surface area contributed by atoms with Gasteiger partial charge < -0.3 is 14.1 Å². The van der Waals surface area contributed by atoms with Crippen molar-refractivity contribution in [2.45, 2.75) is 59.3 Å². The predicted molar refractivity (Wildman–Crippen MR) is 90.6 cm³/mol. The summed E-state index contributed by atoms with van der Waals surface area (Å²) in [6, 6.07) is 0. The number of piperidine rings is 1. The maximum Gasteiger partial charge on any atom is 0.225 e. The van der Waals surface area contributed by atoms with E-state index in [9.17, 15) is 4.79 Å². The van der Waals surface area contributed by atoms with Gasteiger partial charge in [-0.3, -0.25) is 9.69 Å². The van der Waals surface area contributed by atoms with Crippen molar-refractivity contribution in [2.24, 2.45) is 5.92 Å². The minimum atomic E-state index is 0.134. The van der Waals surface area contributed by atoms with Gasteiger partial charge in [0.2, 0.25) is 11.8 Å². The molecule has 0 aromatic carbocycles. The fourth-order valence-corrected chi connectivity index (χ4v) is 3.75. The second-order valence-corrected chi connectivity index (χ2v) is 7.30. The van der Waals surface area contributed by atoms with E-state index >= 15 is 0 Å². The highest BCUT2D eigenvalue weighted by molar-refractivity contribution is 5.79. The van der Waals surface area contributed by atoms with E-state index in [0.29, 0.717) is 5.91 Å². The molecule has 6 nitrogen and oxygen atoms in total. The maximum atomic E-state index is 12.8. The van der Waals surface area contributed by atoms with Crippen LogP contribution in [0.2, 0.25) is 0 Å². The summed E-state index contributed by atoms with van der Waals surface area (Å²) in [4.78, 5) is 21.6. The van der Waals surface area contributed by atoms with Crippen LogP contribution in [0.15, 0.2) is 4.42 Å². The number of rotatable bonds is 3. The molecule has 0 radical (unpaired) electrons. The number of ether oxygens (including phenoxy) is 1. The predicted octanol–water partition coefficient (Wildman–Crippen LogP) is 2.14. The fraction of sp³-hybridized carbons (Fsp3) is 0.778. The summed E-state index contributed by atoms with van der Waals surface area (Å²) in [5, 5.41) is 0. The molecular formula is C18H29N3O3. The van der Waals surface area contributed by atoms with Gasteiger partial charge in [-0.2, -0.15) is 0 Å². The van der Waals surface area contributed by atoms with Crippen molar-refractivity contribution >= 4 is 5.91 Å². The Morgan fingerprint density at radius 3 is 2.33 bits per heavy atom. The van der Waals surface area contributed by atoms with Crippen molar-refractivity contribution in [1.29, 1.82) is 0 Å². The topological polar surface area (TPSA) is 58.8 Å². The number of hydrogen-bond acceptors (Lipinski definition) is 5. The highest BCUT2D eigenvalue weighted by atomic mass is 16.5. The molecule has 2 aliphatic heterocycles. The van der Waals surface area contributed by atoms with Crippen molar-refractivity contribution < 1.29 is 13.9 Å². The standard InChI is InChI=1S/C18H29N3O3/c1-12-9-21(10-13(2)23-12)18(22)16-5-7-20(8-6-16)11-17-19-14(3)15(4)24-17/h12-13,16H,5-11H2,1-4H3. The van der Waals surface area contributed by atoms with E-state index in [1.165, 1.54) is 0 Å². The maximum absolute atomic E-state index is 12.8. The number of amides is 1. The SMILES string of the molecule is Cc1nc(CN2CCC(C(=O)N3CC(C)OC(C)C3)CC2)oc1C. The normalized spacial score (nSPS) is 26.8. The summed E-state index contributed by atoms with van der Waals surface area (Å²) in [5.41, 5.74) is 0.964. The first-order chi connectivity index (χ1) is 11.4. The summed E-state index contributed by atoms with van der Waals surface area (Å²) >= 11 is 0. The van der Waals surface area contributed by atoms with E-state index in [1.54, 1.807) is 0 Å². The van der Waals surface area contributed by atoms with Gasteiger partial charge in [0.25, 0.3) is 0 Å². The molecule has 1 amide bonds. The van der Waals surface area contributed by atoms with Crippen molar-refractivity contribution in [1.82, 2.24) is 14.8 Å². The van der Waals surface area contributed by atoms with Gasteiger partial charge in [-0.15, -0.1) is 0 Å². The number of aromatic nitrogens is 1. The Kier molecular flexibility index (Phi) is 5.25. The summed E-state index contributed by atoms with van der Waals surface area (Å²) in [6.45, 7) is 12.0. The molecule has 2 unspecified atom stereocenters. The third-order valence-electron chi connectivity index (χ3n) is 5.10. The number of nitrogens with zero attached hydrogens (tertiary/aromatic N) is 3. The largest absolute Gasteiger partial charge is 0.444 e. The van der Waals surface area contributed by atoms with Crippen LogP contribution in [0.1, 0.15) is 44.0 Å². The average molecular weight is 335 g/mol. The molecule has 2 saturated heterocycles. The zero-order chi connectivity index (χ0) is 17.3. The van der Waals surface area contributed by atoms with E-state index < -0.39 is 0 Å². The van der Waals surface area contributed by atoms with E-state index in [2.05, 4.69) is 9.88 Å². The monoisotopic (exact) mass is 335 g/mol. The highest BCUT2D eigenvalue weighted by Gasteiger charge is 2.32. The van der Waals surface area contributed by atoms with E-state index in [-0.39, 0.29) is 18.1 Å². The molecule has 6 heteroatoms. The lowest BCUT2D eigenvalue weighted by molar-refractivity contribution is -0.148. The van der Waals surface area contributed by atoms with E-state index in [1.807, 2.05) is 32.6 Å². The Hall–Kier alpha value is -1.40. The Balaban J connectivity index is 1.50. The molecule has 2 aliphatic rings. The smallest absolute Gasteiger partial charge is 0.225 e. The van der Waals surface area contributed by atoms with Crippen LogP contribution in [0.5, 0.6) is 0 Å². The number of aryl methyl sites for hydroxylation is 2.